The number of nitrogens with one attached hydrogen (secondary N) is 1. The average Bonchev–Trinajstić information content (AvgIpc) is 2.38. The molecular formula is C12H21N3O2. The third-order valence-electron chi connectivity index (χ3n) is 2.59. The van der Waals surface area contributed by atoms with Crippen LogP contribution in [0.1, 0.15) is 19.0 Å². The van der Waals surface area contributed by atoms with Crippen LogP contribution < -0.4 is 10.1 Å². The maximum atomic E-state index is 5.35. The highest BCUT2D eigenvalue weighted by atomic mass is 16.5. The molecule has 17 heavy (non-hydrogen) atoms. The molecule has 0 saturated carbocycles. The minimum Gasteiger partial charge on any atom is -0.481 e. The number of ether oxygens (including phenoxy) is 2. The fourth-order valence-electron chi connectivity index (χ4n) is 1.57. The third-order valence-corrected chi connectivity index (χ3v) is 2.59. The number of likely N-dealkylation sites (N-methyl/N-ethyl adjacent to an activating group) is 1. The molecule has 1 unspecified atom stereocenters. The summed E-state index contributed by atoms with van der Waals surface area (Å²) in [6.07, 6.45) is 3.35. The first-order chi connectivity index (χ1) is 8.30. The number of hydrogen-bond acceptors (Lipinski definition) is 5. The van der Waals surface area contributed by atoms with Gasteiger partial charge in [-0.15, -0.1) is 0 Å². The molecule has 0 aromatic carbocycles. The van der Waals surface area contributed by atoms with Crippen LogP contribution in [-0.4, -0.2) is 43.4 Å². The lowest BCUT2D eigenvalue weighted by molar-refractivity contribution is 0.137. The van der Waals surface area contributed by atoms with Gasteiger partial charge in [0.15, 0.2) is 0 Å². The lowest BCUT2D eigenvalue weighted by Crippen LogP contribution is -2.29. The monoisotopic (exact) mass is 239 g/mol. The molecule has 0 aliphatic heterocycles. The first-order valence-electron chi connectivity index (χ1n) is 5.90. The van der Waals surface area contributed by atoms with Crippen LogP contribution in [0.3, 0.4) is 0 Å². The fraction of sp³-hybridized carbons (Fsp3) is 0.667. The number of rotatable bonds is 8. The van der Waals surface area contributed by atoms with Crippen molar-refractivity contribution in [2.24, 2.45) is 0 Å². The molecule has 1 aromatic heterocycles. The molecule has 0 saturated heterocycles. The number of aromatic nitrogens is 2. The Kier molecular flexibility index (Phi) is 6.50. The van der Waals surface area contributed by atoms with Crippen LogP contribution in [0, 0.1) is 0 Å². The van der Waals surface area contributed by atoms with E-state index in [0.29, 0.717) is 11.9 Å². The SMILES string of the molecule is CCOCCC(Cc1cc(OC)ncn1)NC. The highest BCUT2D eigenvalue weighted by Crippen LogP contribution is 2.09. The lowest BCUT2D eigenvalue weighted by atomic mass is 10.1. The van der Waals surface area contributed by atoms with Gasteiger partial charge in [0.25, 0.3) is 0 Å². The molecule has 1 aromatic rings. The zero-order valence-electron chi connectivity index (χ0n) is 10.8. The second-order valence-electron chi connectivity index (χ2n) is 3.73. The van der Waals surface area contributed by atoms with Crippen molar-refractivity contribution in [1.82, 2.24) is 15.3 Å². The predicted molar refractivity (Wildman–Crippen MR) is 66.2 cm³/mol. The Balaban J connectivity index is 2.48. The van der Waals surface area contributed by atoms with Gasteiger partial charge in [-0.05, 0) is 20.4 Å². The summed E-state index contributed by atoms with van der Waals surface area (Å²) in [7, 11) is 3.56. The van der Waals surface area contributed by atoms with E-state index in [-0.39, 0.29) is 0 Å². The maximum absolute atomic E-state index is 5.35. The Morgan fingerprint density at radius 3 is 2.88 bits per heavy atom. The average molecular weight is 239 g/mol. The smallest absolute Gasteiger partial charge is 0.216 e. The molecule has 0 fully saturated rings. The van der Waals surface area contributed by atoms with Crippen molar-refractivity contribution in [3.8, 4) is 5.88 Å². The van der Waals surface area contributed by atoms with E-state index >= 15 is 0 Å². The van der Waals surface area contributed by atoms with Gasteiger partial charge in [-0.25, -0.2) is 9.97 Å². The van der Waals surface area contributed by atoms with E-state index in [2.05, 4.69) is 15.3 Å². The zero-order chi connectivity index (χ0) is 12.5. The van der Waals surface area contributed by atoms with Crippen molar-refractivity contribution in [3.05, 3.63) is 18.1 Å². The van der Waals surface area contributed by atoms with E-state index < -0.39 is 0 Å². The van der Waals surface area contributed by atoms with Crippen LogP contribution in [-0.2, 0) is 11.2 Å². The van der Waals surface area contributed by atoms with E-state index in [4.69, 9.17) is 9.47 Å². The molecule has 0 radical (unpaired) electrons. The van der Waals surface area contributed by atoms with Gasteiger partial charge in [-0.2, -0.15) is 0 Å². The van der Waals surface area contributed by atoms with Gasteiger partial charge < -0.3 is 14.8 Å². The van der Waals surface area contributed by atoms with Crippen molar-refractivity contribution in [1.29, 1.82) is 0 Å². The summed E-state index contributed by atoms with van der Waals surface area (Å²) in [4.78, 5) is 8.22. The van der Waals surface area contributed by atoms with Crippen molar-refractivity contribution in [2.45, 2.75) is 25.8 Å². The molecule has 96 valence electrons. The largest absolute Gasteiger partial charge is 0.481 e. The van der Waals surface area contributed by atoms with Crippen LogP contribution >= 0.6 is 0 Å². The van der Waals surface area contributed by atoms with Crippen molar-refractivity contribution in [3.63, 3.8) is 0 Å². The molecule has 1 atom stereocenters. The van der Waals surface area contributed by atoms with Crippen LogP contribution in [0.25, 0.3) is 0 Å². The third kappa shape index (κ3) is 5.10. The Morgan fingerprint density at radius 1 is 1.41 bits per heavy atom. The highest BCUT2D eigenvalue weighted by Gasteiger charge is 2.09. The zero-order valence-corrected chi connectivity index (χ0v) is 10.8. The second kappa shape index (κ2) is 7.97. The lowest BCUT2D eigenvalue weighted by Gasteiger charge is -2.15. The summed E-state index contributed by atoms with van der Waals surface area (Å²) in [5.74, 6) is 0.606. The van der Waals surface area contributed by atoms with Crippen LogP contribution in [0.2, 0.25) is 0 Å². The molecule has 0 spiro atoms. The summed E-state index contributed by atoms with van der Waals surface area (Å²) >= 11 is 0. The maximum Gasteiger partial charge on any atom is 0.216 e. The van der Waals surface area contributed by atoms with Crippen molar-refractivity contribution in [2.75, 3.05) is 27.4 Å². The summed E-state index contributed by atoms with van der Waals surface area (Å²) in [5.41, 5.74) is 0.979. The Morgan fingerprint density at radius 2 is 2.24 bits per heavy atom. The summed E-state index contributed by atoms with van der Waals surface area (Å²) in [5, 5.41) is 3.27. The van der Waals surface area contributed by atoms with Crippen molar-refractivity contribution < 1.29 is 9.47 Å². The molecule has 0 bridgehead atoms. The van der Waals surface area contributed by atoms with Gasteiger partial charge in [0.05, 0.1) is 7.11 Å². The summed E-state index contributed by atoms with van der Waals surface area (Å²) < 4.78 is 10.4. The van der Waals surface area contributed by atoms with Crippen molar-refractivity contribution >= 4 is 0 Å². The minimum absolute atomic E-state index is 0.362. The van der Waals surface area contributed by atoms with Gasteiger partial charge in [0.1, 0.15) is 6.33 Å². The first kappa shape index (κ1) is 13.9. The van der Waals surface area contributed by atoms with Gasteiger partial charge in [-0.1, -0.05) is 0 Å². The molecule has 0 amide bonds. The van der Waals surface area contributed by atoms with Gasteiger partial charge in [-0.3, -0.25) is 0 Å². The standard InChI is InChI=1S/C12H21N3O2/c1-4-17-6-5-10(13-2)7-11-8-12(16-3)15-9-14-11/h8-10,13H,4-7H2,1-3H3. The first-order valence-corrected chi connectivity index (χ1v) is 5.90. The second-order valence-corrected chi connectivity index (χ2v) is 3.73. The van der Waals surface area contributed by atoms with Crippen LogP contribution in [0.15, 0.2) is 12.4 Å². The highest BCUT2D eigenvalue weighted by molar-refractivity contribution is 5.14. The van der Waals surface area contributed by atoms with Gasteiger partial charge in [0, 0.05) is 37.4 Å². The van der Waals surface area contributed by atoms with E-state index in [9.17, 15) is 0 Å². The van der Waals surface area contributed by atoms with E-state index in [1.807, 2.05) is 20.0 Å². The van der Waals surface area contributed by atoms with Gasteiger partial charge >= 0.3 is 0 Å². The molecule has 1 heterocycles. The minimum atomic E-state index is 0.362. The topological polar surface area (TPSA) is 56.3 Å². The van der Waals surface area contributed by atoms with Gasteiger partial charge in [0.2, 0.25) is 5.88 Å². The molecule has 0 aliphatic carbocycles. The molecular weight excluding hydrogens is 218 g/mol. The Labute approximate surface area is 103 Å². The fourth-order valence-corrected chi connectivity index (χ4v) is 1.57. The molecule has 1 N–H and O–H groups in total. The van der Waals surface area contributed by atoms with E-state index in [0.717, 1.165) is 31.7 Å². The van der Waals surface area contributed by atoms with Crippen LogP contribution in [0.5, 0.6) is 5.88 Å². The van der Waals surface area contributed by atoms with E-state index in [1.165, 1.54) is 6.33 Å². The predicted octanol–water partition coefficient (Wildman–Crippen LogP) is 1.04. The normalized spacial score (nSPS) is 12.4. The number of nitrogens with zero attached hydrogens (tertiary/aromatic N) is 2. The van der Waals surface area contributed by atoms with E-state index in [1.54, 1.807) is 7.11 Å². The molecule has 1 rings (SSSR count). The summed E-state index contributed by atoms with van der Waals surface area (Å²) in [6.45, 7) is 3.53. The molecule has 5 nitrogen and oxygen atoms in total. The van der Waals surface area contributed by atoms with Crippen LogP contribution in [0.4, 0.5) is 0 Å². The quantitative estimate of drug-likeness (QED) is 0.687. The number of methoxy groups -OCH3 is 1. The Hall–Kier alpha value is -1.20. The molecule has 0 aliphatic rings. The summed E-state index contributed by atoms with van der Waals surface area (Å²) in [6, 6.07) is 2.23. The number of hydrogen-bond donors (Lipinski definition) is 1. The molecule has 5 heteroatoms. The Bertz CT molecular complexity index is 320.